The number of nitrogens with one attached hydrogen (secondary N) is 1. The van der Waals surface area contributed by atoms with Gasteiger partial charge in [0.15, 0.2) is 11.5 Å². The lowest BCUT2D eigenvalue weighted by atomic mass is 10.1. The van der Waals surface area contributed by atoms with Crippen molar-refractivity contribution in [1.29, 1.82) is 0 Å². The van der Waals surface area contributed by atoms with Crippen LogP contribution in [-0.2, 0) is 0 Å². The van der Waals surface area contributed by atoms with Crippen LogP contribution < -0.4 is 5.43 Å². The molecule has 0 unspecified atom stereocenters. The lowest BCUT2D eigenvalue weighted by Crippen LogP contribution is -2.36. The molecule has 0 aliphatic carbocycles. The van der Waals surface area contributed by atoms with Crippen molar-refractivity contribution >= 4 is 11.8 Å². The van der Waals surface area contributed by atoms with Crippen molar-refractivity contribution in [3.63, 3.8) is 0 Å². The summed E-state index contributed by atoms with van der Waals surface area (Å²) in [4.78, 5) is 22.0. The summed E-state index contributed by atoms with van der Waals surface area (Å²) in [5, 5.41) is 15.8. The Morgan fingerprint density at radius 3 is 2.70 bits per heavy atom. The maximum absolute atomic E-state index is 12.0. The van der Waals surface area contributed by atoms with Crippen LogP contribution in [-0.4, -0.2) is 35.1 Å². The number of carbonyl (C=O) groups is 1. The van der Waals surface area contributed by atoms with E-state index in [0.717, 1.165) is 0 Å². The van der Waals surface area contributed by atoms with Crippen molar-refractivity contribution < 1.29 is 18.7 Å². The van der Waals surface area contributed by atoms with Crippen LogP contribution in [0.5, 0.6) is 0 Å². The SMILES string of the molecule is Cc1onc(-c2ccc([N+](=O)[O-])o2)c1C(=O)NN(C)C. The van der Waals surface area contributed by atoms with Gasteiger partial charge in [-0.1, -0.05) is 5.16 Å². The molecule has 0 aliphatic rings. The van der Waals surface area contributed by atoms with Crippen LogP contribution in [0.4, 0.5) is 5.88 Å². The van der Waals surface area contributed by atoms with Gasteiger partial charge in [-0.15, -0.1) is 0 Å². The van der Waals surface area contributed by atoms with Crippen molar-refractivity contribution in [3.05, 3.63) is 33.6 Å². The molecule has 0 spiro atoms. The summed E-state index contributed by atoms with van der Waals surface area (Å²) in [5.41, 5.74) is 2.83. The number of hydrogen-bond donors (Lipinski definition) is 1. The Balaban J connectivity index is 2.42. The van der Waals surface area contributed by atoms with Gasteiger partial charge < -0.3 is 8.94 Å². The summed E-state index contributed by atoms with van der Waals surface area (Å²) in [6.07, 6.45) is 0. The highest BCUT2D eigenvalue weighted by Gasteiger charge is 2.25. The summed E-state index contributed by atoms with van der Waals surface area (Å²) >= 11 is 0. The number of hydrogen-bond acceptors (Lipinski definition) is 7. The number of rotatable bonds is 4. The van der Waals surface area contributed by atoms with Crippen LogP contribution in [0.15, 0.2) is 21.1 Å². The number of carbonyl (C=O) groups excluding carboxylic acids is 1. The zero-order chi connectivity index (χ0) is 14.9. The zero-order valence-electron chi connectivity index (χ0n) is 11.0. The first-order valence-corrected chi connectivity index (χ1v) is 5.59. The zero-order valence-corrected chi connectivity index (χ0v) is 11.0. The molecule has 1 N–H and O–H groups in total. The maximum Gasteiger partial charge on any atom is 0.433 e. The molecule has 0 fully saturated rings. The van der Waals surface area contributed by atoms with Gasteiger partial charge in [0.2, 0.25) is 0 Å². The van der Waals surface area contributed by atoms with Gasteiger partial charge in [0.1, 0.15) is 16.2 Å². The van der Waals surface area contributed by atoms with Crippen molar-refractivity contribution in [2.75, 3.05) is 14.1 Å². The fourth-order valence-corrected chi connectivity index (χ4v) is 1.62. The van der Waals surface area contributed by atoms with Crippen molar-refractivity contribution in [2.24, 2.45) is 0 Å². The highest BCUT2D eigenvalue weighted by atomic mass is 16.6. The lowest BCUT2D eigenvalue weighted by molar-refractivity contribution is -0.401. The van der Waals surface area contributed by atoms with Crippen LogP contribution in [0, 0.1) is 17.0 Å². The van der Waals surface area contributed by atoms with Gasteiger partial charge in [-0.3, -0.25) is 20.3 Å². The third-order valence-electron chi connectivity index (χ3n) is 2.42. The minimum Gasteiger partial charge on any atom is -0.399 e. The topological polar surface area (TPSA) is 115 Å². The Kier molecular flexibility index (Phi) is 3.53. The van der Waals surface area contributed by atoms with Gasteiger partial charge >= 0.3 is 5.88 Å². The summed E-state index contributed by atoms with van der Waals surface area (Å²) in [7, 11) is 3.30. The predicted molar refractivity (Wildman–Crippen MR) is 66.7 cm³/mol. The third-order valence-corrected chi connectivity index (χ3v) is 2.42. The minimum atomic E-state index is -0.671. The molecule has 9 heteroatoms. The molecule has 20 heavy (non-hydrogen) atoms. The number of aromatic nitrogens is 1. The fourth-order valence-electron chi connectivity index (χ4n) is 1.62. The normalized spacial score (nSPS) is 10.8. The molecular formula is C11H12N4O5. The Bertz CT molecular complexity index is 658. The molecule has 0 radical (unpaired) electrons. The highest BCUT2D eigenvalue weighted by Crippen LogP contribution is 2.29. The fraction of sp³-hybridized carbons (Fsp3) is 0.273. The molecule has 2 heterocycles. The Morgan fingerprint density at radius 2 is 2.15 bits per heavy atom. The molecule has 1 amide bonds. The van der Waals surface area contributed by atoms with Gasteiger partial charge in [0.25, 0.3) is 5.91 Å². The number of hydrazine groups is 1. The second-order valence-corrected chi connectivity index (χ2v) is 4.19. The molecule has 0 bridgehead atoms. The number of nitrogens with zero attached hydrogens (tertiary/aromatic N) is 3. The van der Waals surface area contributed by atoms with Crippen molar-refractivity contribution in [1.82, 2.24) is 15.6 Å². The first-order valence-electron chi connectivity index (χ1n) is 5.59. The standard InChI is InChI=1S/C11H12N4O5/c1-6-9(11(16)12-14(2)3)10(13-20-6)7-4-5-8(19-7)15(17)18/h4-5H,1-3H3,(H,12,16). The Labute approximate surface area is 113 Å². The van der Waals surface area contributed by atoms with Crippen LogP contribution in [0.1, 0.15) is 16.1 Å². The van der Waals surface area contributed by atoms with Gasteiger partial charge in [-0.2, -0.15) is 0 Å². The largest absolute Gasteiger partial charge is 0.433 e. The van der Waals surface area contributed by atoms with E-state index in [2.05, 4.69) is 10.6 Å². The first-order chi connectivity index (χ1) is 9.40. The summed E-state index contributed by atoms with van der Waals surface area (Å²) in [6, 6.07) is 2.55. The minimum absolute atomic E-state index is 0.0949. The van der Waals surface area contributed by atoms with Crippen LogP contribution in [0.3, 0.4) is 0 Å². The van der Waals surface area contributed by atoms with Gasteiger partial charge in [-0.05, 0) is 13.0 Å². The second kappa shape index (κ2) is 5.13. The van der Waals surface area contributed by atoms with E-state index >= 15 is 0 Å². The second-order valence-electron chi connectivity index (χ2n) is 4.19. The molecule has 0 aliphatic heterocycles. The van der Waals surface area contributed by atoms with Crippen LogP contribution >= 0.6 is 0 Å². The van der Waals surface area contributed by atoms with E-state index in [1.807, 2.05) is 0 Å². The first kappa shape index (κ1) is 13.7. The van der Waals surface area contributed by atoms with Crippen LogP contribution in [0.25, 0.3) is 11.5 Å². The van der Waals surface area contributed by atoms with Crippen molar-refractivity contribution in [3.8, 4) is 11.5 Å². The van der Waals surface area contributed by atoms with E-state index in [4.69, 9.17) is 8.94 Å². The maximum atomic E-state index is 12.0. The van der Waals surface area contributed by atoms with Gasteiger partial charge in [0.05, 0.1) is 6.07 Å². The monoisotopic (exact) mass is 280 g/mol. The Hall–Kier alpha value is -2.68. The average molecular weight is 280 g/mol. The number of aryl methyl sites for hydroxylation is 1. The average Bonchev–Trinajstić information content (AvgIpc) is 2.93. The van der Waals surface area contributed by atoms with Crippen LogP contribution in [0.2, 0.25) is 0 Å². The molecule has 2 aromatic heterocycles. The molecule has 0 saturated heterocycles. The van der Waals surface area contributed by atoms with E-state index in [0.29, 0.717) is 5.76 Å². The number of nitro groups is 1. The molecule has 0 saturated carbocycles. The summed E-state index contributed by atoms with van der Waals surface area (Å²) < 4.78 is 9.99. The summed E-state index contributed by atoms with van der Waals surface area (Å²) in [6.45, 7) is 1.57. The summed E-state index contributed by atoms with van der Waals surface area (Å²) in [5.74, 6) is -0.488. The predicted octanol–water partition coefficient (Wildman–Crippen LogP) is 1.36. The van der Waals surface area contributed by atoms with Gasteiger partial charge in [0, 0.05) is 14.1 Å². The Morgan fingerprint density at radius 1 is 1.45 bits per heavy atom. The highest BCUT2D eigenvalue weighted by molar-refractivity contribution is 6.00. The molecule has 0 atom stereocenters. The molecular weight excluding hydrogens is 268 g/mol. The van der Waals surface area contributed by atoms with E-state index in [9.17, 15) is 14.9 Å². The van der Waals surface area contributed by atoms with E-state index in [1.54, 1.807) is 21.0 Å². The molecule has 2 rings (SSSR count). The molecule has 0 aromatic carbocycles. The molecule has 9 nitrogen and oxygen atoms in total. The quantitative estimate of drug-likeness (QED) is 0.664. The third kappa shape index (κ3) is 2.52. The smallest absolute Gasteiger partial charge is 0.399 e. The van der Waals surface area contributed by atoms with E-state index in [-0.39, 0.29) is 17.0 Å². The number of amides is 1. The molecule has 106 valence electrons. The molecule has 2 aromatic rings. The van der Waals surface area contributed by atoms with E-state index < -0.39 is 16.7 Å². The van der Waals surface area contributed by atoms with E-state index in [1.165, 1.54) is 17.1 Å². The van der Waals surface area contributed by atoms with Crippen molar-refractivity contribution in [2.45, 2.75) is 6.92 Å². The van der Waals surface area contributed by atoms with Gasteiger partial charge in [-0.25, -0.2) is 5.01 Å². The lowest BCUT2D eigenvalue weighted by Gasteiger charge is -2.11. The number of furan rings is 1.